The fourth-order valence-electron chi connectivity index (χ4n) is 4.55. The van der Waals surface area contributed by atoms with Crippen molar-refractivity contribution in [3.05, 3.63) is 70.3 Å². The summed E-state index contributed by atoms with van der Waals surface area (Å²) >= 11 is 2.84. The summed E-state index contributed by atoms with van der Waals surface area (Å²) in [7, 11) is 0. The smallest absolute Gasteiger partial charge is 0.214 e. The maximum absolute atomic E-state index is 10.2. The molecule has 0 saturated carbocycles. The van der Waals surface area contributed by atoms with Gasteiger partial charge in [-0.3, -0.25) is 9.93 Å². The molecule has 34 heavy (non-hydrogen) atoms. The highest BCUT2D eigenvalue weighted by Gasteiger charge is 2.24. The molecule has 0 unspecified atom stereocenters. The quantitative estimate of drug-likeness (QED) is 0.288. The van der Waals surface area contributed by atoms with Crippen LogP contribution < -0.4 is 16.6 Å². The number of rotatable bonds is 3. The van der Waals surface area contributed by atoms with Gasteiger partial charge in [0.05, 0.1) is 9.81 Å². The molecule has 1 aromatic heterocycles. The molecular formula is C27H35N3O2S2. The number of fused-ring (bicyclic) bond motifs is 2. The predicted octanol–water partition coefficient (Wildman–Crippen LogP) is 5.35. The zero-order valence-corrected chi connectivity index (χ0v) is 21.8. The summed E-state index contributed by atoms with van der Waals surface area (Å²) in [5.41, 5.74) is 19.0. The van der Waals surface area contributed by atoms with E-state index in [9.17, 15) is 9.90 Å². The Labute approximate surface area is 210 Å². The molecule has 7 heteroatoms. The summed E-state index contributed by atoms with van der Waals surface area (Å²) in [4.78, 5) is 10.3. The van der Waals surface area contributed by atoms with Gasteiger partial charge in [0.1, 0.15) is 0 Å². The number of thiophene rings is 1. The van der Waals surface area contributed by atoms with Gasteiger partial charge < -0.3 is 16.6 Å². The van der Waals surface area contributed by atoms with Crippen LogP contribution in [0.5, 0.6) is 0 Å². The zero-order chi connectivity index (χ0) is 24.9. The van der Waals surface area contributed by atoms with Gasteiger partial charge in [0.15, 0.2) is 0 Å². The van der Waals surface area contributed by atoms with E-state index in [-0.39, 0.29) is 5.91 Å². The topological polar surface area (TPSA) is 115 Å². The molecule has 182 valence electrons. The monoisotopic (exact) mass is 497 g/mol. The van der Waals surface area contributed by atoms with Crippen LogP contribution >= 0.6 is 23.3 Å². The summed E-state index contributed by atoms with van der Waals surface area (Å²) in [5.74, 6) is -0.333. The molecule has 2 aliphatic rings. The maximum Gasteiger partial charge on any atom is 0.214 e. The van der Waals surface area contributed by atoms with E-state index in [0.717, 1.165) is 25.9 Å². The lowest BCUT2D eigenvalue weighted by atomic mass is 9.96. The van der Waals surface area contributed by atoms with Crippen molar-refractivity contribution in [2.45, 2.75) is 69.1 Å². The van der Waals surface area contributed by atoms with Gasteiger partial charge in [-0.25, -0.2) is 0 Å². The molecule has 5 nitrogen and oxygen atoms in total. The molecule has 0 fully saturated rings. The van der Waals surface area contributed by atoms with Crippen molar-refractivity contribution in [3.63, 3.8) is 0 Å². The fourth-order valence-corrected chi connectivity index (χ4v) is 6.22. The first kappa shape index (κ1) is 26.3. The Morgan fingerprint density at radius 1 is 1.00 bits per heavy atom. The minimum atomic E-state index is -0.852. The molecule has 7 N–H and O–H groups in total. The number of aliphatic hydroxyl groups is 1. The van der Waals surface area contributed by atoms with Crippen LogP contribution in [-0.4, -0.2) is 11.0 Å². The van der Waals surface area contributed by atoms with Gasteiger partial charge in [-0.05, 0) is 98.2 Å². The van der Waals surface area contributed by atoms with Crippen molar-refractivity contribution < 1.29 is 9.90 Å². The van der Waals surface area contributed by atoms with Crippen LogP contribution in [0.2, 0.25) is 0 Å². The van der Waals surface area contributed by atoms with E-state index in [1.165, 1.54) is 79.7 Å². The second kappa shape index (κ2) is 11.4. The molecule has 0 bridgehead atoms. The van der Waals surface area contributed by atoms with E-state index < -0.39 is 5.60 Å². The highest BCUT2D eigenvalue weighted by Crippen LogP contribution is 2.41. The fraction of sp³-hybridized carbons (Fsp3) is 0.370. The summed E-state index contributed by atoms with van der Waals surface area (Å²) in [5, 5.41) is 15.8. The SMILES string of the molecule is CC(C)(O)c1cc(SN)sc1-c1ccccc1.CC(N)=O.Nc1c2c(cc3c1CCC3)CCC2. The Hall–Kier alpha value is -2.32. The Morgan fingerprint density at radius 3 is 2.00 bits per heavy atom. The summed E-state index contributed by atoms with van der Waals surface area (Å²) in [6.45, 7) is 4.90. The first-order valence-electron chi connectivity index (χ1n) is 11.6. The van der Waals surface area contributed by atoms with E-state index in [1.54, 1.807) is 25.2 Å². The zero-order valence-electron chi connectivity index (χ0n) is 20.2. The lowest BCUT2D eigenvalue weighted by Crippen LogP contribution is -2.15. The van der Waals surface area contributed by atoms with Crippen LogP contribution in [0.1, 0.15) is 61.4 Å². The highest BCUT2D eigenvalue weighted by molar-refractivity contribution is 7.99. The number of aryl methyl sites for hydroxylation is 2. The van der Waals surface area contributed by atoms with Gasteiger partial charge in [0, 0.05) is 23.1 Å². The Morgan fingerprint density at radius 2 is 1.53 bits per heavy atom. The first-order valence-corrected chi connectivity index (χ1v) is 13.3. The number of nitrogen functional groups attached to an aromatic ring is 1. The average molecular weight is 498 g/mol. The molecule has 1 amide bonds. The number of nitrogens with two attached hydrogens (primary N) is 3. The summed E-state index contributed by atoms with van der Waals surface area (Å²) in [6.07, 6.45) is 7.56. The second-order valence-electron chi connectivity index (χ2n) is 9.23. The van der Waals surface area contributed by atoms with Gasteiger partial charge in [0.25, 0.3) is 0 Å². The number of anilines is 1. The minimum absolute atomic E-state index is 0.333. The molecule has 0 aliphatic heterocycles. The molecule has 1 heterocycles. The molecule has 0 radical (unpaired) electrons. The number of hydrogen-bond acceptors (Lipinski definition) is 6. The van der Waals surface area contributed by atoms with E-state index in [1.807, 2.05) is 36.4 Å². The molecule has 3 aromatic rings. The molecule has 0 spiro atoms. The normalized spacial score (nSPS) is 13.8. The third-order valence-corrected chi connectivity index (χ3v) is 7.91. The van der Waals surface area contributed by atoms with Gasteiger partial charge in [-0.15, -0.1) is 11.3 Å². The Balaban J connectivity index is 0.000000169. The van der Waals surface area contributed by atoms with Crippen LogP contribution in [0, 0.1) is 0 Å². The minimum Gasteiger partial charge on any atom is -0.398 e. The first-order chi connectivity index (χ1) is 16.1. The van der Waals surface area contributed by atoms with Crippen LogP contribution in [-0.2, 0) is 36.1 Å². The standard InChI is InChI=1S/C13H15NOS2.C12H15N.C2H5NO/c1-13(2,15)10-8-11(17-14)16-12(10)9-6-4-3-5-7-9;13-12-10-5-1-3-8(10)7-9-4-2-6-11(9)12;1-2(3)4/h3-8,15H,14H2,1-2H3;7H,1-6,13H2;1H3,(H2,3,4). The predicted molar refractivity (Wildman–Crippen MR) is 145 cm³/mol. The van der Waals surface area contributed by atoms with Crippen LogP contribution in [0.4, 0.5) is 5.69 Å². The Kier molecular flexibility index (Phi) is 8.82. The van der Waals surface area contributed by atoms with E-state index in [2.05, 4.69) is 11.8 Å². The van der Waals surface area contributed by atoms with E-state index in [4.69, 9.17) is 10.9 Å². The molecule has 0 atom stereocenters. The van der Waals surface area contributed by atoms with E-state index >= 15 is 0 Å². The summed E-state index contributed by atoms with van der Waals surface area (Å²) in [6, 6.07) is 14.5. The molecular weight excluding hydrogens is 462 g/mol. The molecule has 0 saturated heterocycles. The number of carbonyl (C=O) groups is 1. The number of benzene rings is 2. The van der Waals surface area contributed by atoms with Crippen molar-refractivity contribution in [2.24, 2.45) is 10.9 Å². The van der Waals surface area contributed by atoms with Gasteiger partial charge in [0.2, 0.25) is 5.91 Å². The van der Waals surface area contributed by atoms with Crippen molar-refractivity contribution >= 4 is 34.9 Å². The second-order valence-corrected chi connectivity index (χ2v) is 11.2. The van der Waals surface area contributed by atoms with Crippen LogP contribution in [0.3, 0.4) is 0 Å². The Bertz CT molecular complexity index is 1100. The lowest BCUT2D eigenvalue weighted by molar-refractivity contribution is -0.115. The van der Waals surface area contributed by atoms with Crippen molar-refractivity contribution in [1.29, 1.82) is 0 Å². The average Bonchev–Trinajstić information content (AvgIpc) is 3.53. The number of carbonyl (C=O) groups excluding carboxylic acids is 1. The third kappa shape index (κ3) is 6.42. The third-order valence-electron chi connectivity index (χ3n) is 6.04. The van der Waals surface area contributed by atoms with Crippen LogP contribution in [0.25, 0.3) is 10.4 Å². The van der Waals surface area contributed by atoms with Gasteiger partial charge >= 0.3 is 0 Å². The highest BCUT2D eigenvalue weighted by atomic mass is 32.2. The number of primary amides is 1. The number of hydrogen-bond donors (Lipinski definition) is 4. The van der Waals surface area contributed by atoms with Crippen molar-refractivity contribution in [3.8, 4) is 10.4 Å². The molecule has 2 aliphatic carbocycles. The maximum atomic E-state index is 10.2. The molecule has 2 aromatic carbocycles. The van der Waals surface area contributed by atoms with Crippen molar-refractivity contribution in [2.75, 3.05) is 5.73 Å². The molecule has 5 rings (SSSR count). The van der Waals surface area contributed by atoms with Gasteiger partial charge in [-0.2, -0.15) is 0 Å². The van der Waals surface area contributed by atoms with Crippen molar-refractivity contribution in [1.82, 2.24) is 0 Å². The lowest BCUT2D eigenvalue weighted by Gasteiger charge is -2.18. The van der Waals surface area contributed by atoms with Crippen LogP contribution in [0.15, 0.2) is 46.7 Å². The largest absolute Gasteiger partial charge is 0.398 e. The van der Waals surface area contributed by atoms with Gasteiger partial charge in [-0.1, -0.05) is 36.4 Å². The number of amides is 1. The summed E-state index contributed by atoms with van der Waals surface area (Å²) < 4.78 is 1.01. The van der Waals surface area contributed by atoms with E-state index in [0.29, 0.717) is 0 Å².